The zero-order valence-electron chi connectivity index (χ0n) is 12.5. The zero-order chi connectivity index (χ0) is 14.1. The number of nitrogens with zero attached hydrogens (tertiary/aromatic N) is 1. The summed E-state index contributed by atoms with van der Waals surface area (Å²) in [5, 5.41) is 4.46. The molecule has 1 saturated heterocycles. The molecule has 1 N–H and O–H groups in total. The van der Waals surface area contributed by atoms with E-state index in [0.717, 1.165) is 23.5 Å². The highest BCUT2D eigenvalue weighted by atomic mass is 35.5. The van der Waals surface area contributed by atoms with Crippen molar-refractivity contribution in [2.45, 2.75) is 58.2 Å². The molecule has 0 amide bonds. The summed E-state index contributed by atoms with van der Waals surface area (Å²) in [5.41, 5.74) is 2.73. The van der Waals surface area contributed by atoms with E-state index in [2.05, 4.69) is 36.2 Å². The summed E-state index contributed by atoms with van der Waals surface area (Å²) in [6.45, 7) is 6.83. The molecule has 2 fully saturated rings. The number of piperidine rings is 1. The van der Waals surface area contributed by atoms with E-state index in [0.29, 0.717) is 6.04 Å². The maximum atomic E-state index is 6.20. The minimum absolute atomic E-state index is 0.625. The maximum absolute atomic E-state index is 6.20. The van der Waals surface area contributed by atoms with E-state index in [1.54, 1.807) is 0 Å². The summed E-state index contributed by atoms with van der Waals surface area (Å²) in [6, 6.07) is 7.73. The molecule has 0 spiro atoms. The lowest BCUT2D eigenvalue weighted by molar-refractivity contribution is 0.377. The minimum Gasteiger partial charge on any atom is -0.369 e. The summed E-state index contributed by atoms with van der Waals surface area (Å²) in [6.07, 6.45) is 5.24. The molecule has 3 heteroatoms. The number of hydrogen-bond donors (Lipinski definition) is 1. The van der Waals surface area contributed by atoms with Gasteiger partial charge in [-0.15, -0.1) is 0 Å². The van der Waals surface area contributed by atoms with Crippen LogP contribution in [0.5, 0.6) is 0 Å². The van der Waals surface area contributed by atoms with Crippen molar-refractivity contribution >= 4 is 17.3 Å². The van der Waals surface area contributed by atoms with Crippen molar-refractivity contribution in [3.8, 4) is 0 Å². The van der Waals surface area contributed by atoms with Gasteiger partial charge in [0.15, 0.2) is 0 Å². The number of anilines is 1. The van der Waals surface area contributed by atoms with Crippen LogP contribution in [0.25, 0.3) is 0 Å². The van der Waals surface area contributed by atoms with Crippen molar-refractivity contribution in [3.63, 3.8) is 0 Å². The monoisotopic (exact) mass is 292 g/mol. The average Bonchev–Trinajstić information content (AvgIpc) is 3.21. The Hall–Kier alpha value is -0.730. The second-order valence-electron chi connectivity index (χ2n) is 6.60. The molecule has 3 rings (SSSR count). The standard InChI is InChI=1S/C17H25ClN2/c1-12-7-8-20(13(2)9-12)17-6-3-15(18)10-14(17)11-19-16-4-5-16/h3,6,10,12-13,16,19H,4-5,7-9,11H2,1-2H3. The Balaban J connectivity index is 1.79. The third kappa shape index (κ3) is 3.29. The Morgan fingerprint density at radius 3 is 2.75 bits per heavy atom. The van der Waals surface area contributed by atoms with Gasteiger partial charge in [0.05, 0.1) is 0 Å². The molecule has 0 radical (unpaired) electrons. The first-order valence-corrected chi connectivity index (χ1v) is 8.29. The SMILES string of the molecule is CC1CCN(c2ccc(Cl)cc2CNC2CC2)C(C)C1. The highest BCUT2D eigenvalue weighted by Crippen LogP contribution is 2.32. The summed E-state index contributed by atoms with van der Waals surface area (Å²) < 4.78 is 0. The van der Waals surface area contributed by atoms with Crippen LogP contribution in [-0.4, -0.2) is 18.6 Å². The average molecular weight is 293 g/mol. The molecule has 110 valence electrons. The second kappa shape index (κ2) is 5.95. The van der Waals surface area contributed by atoms with Crippen LogP contribution in [0.1, 0.15) is 45.1 Å². The van der Waals surface area contributed by atoms with Gasteiger partial charge in [0.2, 0.25) is 0 Å². The largest absolute Gasteiger partial charge is 0.369 e. The van der Waals surface area contributed by atoms with E-state index >= 15 is 0 Å². The van der Waals surface area contributed by atoms with Crippen LogP contribution in [0.3, 0.4) is 0 Å². The van der Waals surface area contributed by atoms with Gasteiger partial charge in [-0.1, -0.05) is 18.5 Å². The van der Waals surface area contributed by atoms with E-state index < -0.39 is 0 Å². The lowest BCUT2D eigenvalue weighted by Crippen LogP contribution is -2.41. The highest BCUT2D eigenvalue weighted by Gasteiger charge is 2.25. The van der Waals surface area contributed by atoms with Crippen LogP contribution in [0.15, 0.2) is 18.2 Å². The highest BCUT2D eigenvalue weighted by molar-refractivity contribution is 6.30. The fourth-order valence-corrected chi connectivity index (χ4v) is 3.48. The normalized spacial score (nSPS) is 26.9. The van der Waals surface area contributed by atoms with Crippen LogP contribution in [0.4, 0.5) is 5.69 Å². The molecule has 0 aromatic heterocycles. The van der Waals surface area contributed by atoms with E-state index in [1.165, 1.54) is 43.5 Å². The third-order valence-corrected chi connectivity index (χ3v) is 4.88. The van der Waals surface area contributed by atoms with Gasteiger partial charge in [-0.25, -0.2) is 0 Å². The van der Waals surface area contributed by atoms with Crippen molar-refractivity contribution in [2.24, 2.45) is 5.92 Å². The van der Waals surface area contributed by atoms with Gasteiger partial charge in [0.1, 0.15) is 0 Å². The molecule has 2 unspecified atom stereocenters. The van der Waals surface area contributed by atoms with Crippen molar-refractivity contribution in [3.05, 3.63) is 28.8 Å². The van der Waals surface area contributed by atoms with Crippen molar-refractivity contribution in [2.75, 3.05) is 11.4 Å². The Labute approximate surface area is 127 Å². The van der Waals surface area contributed by atoms with Crippen LogP contribution in [0, 0.1) is 5.92 Å². The first kappa shape index (κ1) is 14.2. The summed E-state index contributed by atoms with van der Waals surface area (Å²) in [7, 11) is 0. The molecule has 1 aromatic rings. The summed E-state index contributed by atoms with van der Waals surface area (Å²) in [4.78, 5) is 2.57. The van der Waals surface area contributed by atoms with Gasteiger partial charge < -0.3 is 10.2 Å². The first-order valence-electron chi connectivity index (χ1n) is 7.92. The predicted molar refractivity (Wildman–Crippen MR) is 86.5 cm³/mol. The number of nitrogens with one attached hydrogen (secondary N) is 1. The second-order valence-corrected chi connectivity index (χ2v) is 7.04. The van der Waals surface area contributed by atoms with Gasteiger partial charge in [0, 0.05) is 35.9 Å². The smallest absolute Gasteiger partial charge is 0.0415 e. The van der Waals surface area contributed by atoms with Crippen molar-refractivity contribution in [1.82, 2.24) is 5.32 Å². The van der Waals surface area contributed by atoms with Gasteiger partial charge in [-0.05, 0) is 62.3 Å². The first-order chi connectivity index (χ1) is 9.63. The topological polar surface area (TPSA) is 15.3 Å². The Bertz CT molecular complexity index is 470. The lowest BCUT2D eigenvalue weighted by Gasteiger charge is -2.39. The Morgan fingerprint density at radius 2 is 2.05 bits per heavy atom. The number of benzene rings is 1. The van der Waals surface area contributed by atoms with Crippen molar-refractivity contribution in [1.29, 1.82) is 0 Å². The minimum atomic E-state index is 0.625. The van der Waals surface area contributed by atoms with Gasteiger partial charge in [0.25, 0.3) is 0 Å². The summed E-state index contributed by atoms with van der Waals surface area (Å²) in [5.74, 6) is 0.849. The zero-order valence-corrected chi connectivity index (χ0v) is 13.3. The Morgan fingerprint density at radius 1 is 1.25 bits per heavy atom. The molecular formula is C17H25ClN2. The predicted octanol–water partition coefficient (Wildman–Crippen LogP) is 4.22. The number of rotatable bonds is 4. The number of halogens is 1. The van der Waals surface area contributed by atoms with Crippen molar-refractivity contribution < 1.29 is 0 Å². The lowest BCUT2D eigenvalue weighted by atomic mass is 9.92. The van der Waals surface area contributed by atoms with E-state index in [4.69, 9.17) is 11.6 Å². The molecular weight excluding hydrogens is 268 g/mol. The van der Waals surface area contributed by atoms with Gasteiger partial charge >= 0.3 is 0 Å². The van der Waals surface area contributed by atoms with E-state index in [9.17, 15) is 0 Å². The maximum Gasteiger partial charge on any atom is 0.0415 e. The molecule has 20 heavy (non-hydrogen) atoms. The van der Waals surface area contributed by atoms with E-state index in [-0.39, 0.29) is 0 Å². The van der Waals surface area contributed by atoms with Crippen LogP contribution in [0.2, 0.25) is 5.02 Å². The fourth-order valence-electron chi connectivity index (χ4n) is 3.28. The molecule has 0 bridgehead atoms. The van der Waals surface area contributed by atoms with E-state index in [1.807, 2.05) is 6.07 Å². The molecule has 1 saturated carbocycles. The Kier molecular flexibility index (Phi) is 4.23. The molecule has 2 atom stereocenters. The molecule has 1 aromatic carbocycles. The third-order valence-electron chi connectivity index (χ3n) is 4.65. The molecule has 2 nitrogen and oxygen atoms in total. The van der Waals surface area contributed by atoms with Gasteiger partial charge in [-0.3, -0.25) is 0 Å². The molecule has 1 heterocycles. The molecule has 1 aliphatic carbocycles. The van der Waals surface area contributed by atoms with Crippen LogP contribution >= 0.6 is 11.6 Å². The van der Waals surface area contributed by atoms with Crippen LogP contribution in [-0.2, 0) is 6.54 Å². The fraction of sp³-hybridized carbons (Fsp3) is 0.647. The molecule has 1 aliphatic heterocycles. The molecule has 2 aliphatic rings. The van der Waals surface area contributed by atoms with Gasteiger partial charge in [-0.2, -0.15) is 0 Å². The van der Waals surface area contributed by atoms with Crippen LogP contribution < -0.4 is 10.2 Å². The quantitative estimate of drug-likeness (QED) is 0.894. The number of hydrogen-bond acceptors (Lipinski definition) is 2. The summed E-state index contributed by atoms with van der Waals surface area (Å²) >= 11 is 6.20.